The summed E-state index contributed by atoms with van der Waals surface area (Å²) >= 11 is 0. The Morgan fingerprint density at radius 1 is 1.37 bits per heavy atom. The molecule has 0 aromatic heterocycles. The smallest absolute Gasteiger partial charge is 0.324 e. The van der Waals surface area contributed by atoms with E-state index in [1.165, 1.54) is 4.31 Å². The van der Waals surface area contributed by atoms with Crippen molar-refractivity contribution in [1.82, 2.24) is 4.31 Å². The minimum atomic E-state index is -3.38. The van der Waals surface area contributed by atoms with Crippen LogP contribution >= 0.6 is 0 Å². The van der Waals surface area contributed by atoms with Crippen LogP contribution in [0.15, 0.2) is 0 Å². The molecule has 1 aliphatic rings. The van der Waals surface area contributed by atoms with Crippen LogP contribution in [-0.2, 0) is 19.6 Å². The molecule has 1 fully saturated rings. The Morgan fingerprint density at radius 3 is 2.42 bits per heavy atom. The Balaban J connectivity index is 2.82. The monoisotopic (exact) mass is 291 g/mol. The van der Waals surface area contributed by atoms with Crippen molar-refractivity contribution >= 4 is 16.0 Å². The van der Waals surface area contributed by atoms with Gasteiger partial charge >= 0.3 is 5.97 Å². The Labute approximate surface area is 116 Å². The molecule has 19 heavy (non-hydrogen) atoms. The lowest BCUT2D eigenvalue weighted by molar-refractivity contribution is -0.158. The van der Waals surface area contributed by atoms with Crippen molar-refractivity contribution in [2.24, 2.45) is 5.92 Å². The Bertz CT molecular complexity index is 422. The number of rotatable bonds is 4. The molecule has 0 aromatic carbocycles. The number of nitrogens with zero attached hydrogens (tertiary/aromatic N) is 1. The molecular weight excluding hydrogens is 266 g/mol. The summed E-state index contributed by atoms with van der Waals surface area (Å²) in [6, 6.07) is -0.650. The van der Waals surface area contributed by atoms with Gasteiger partial charge in [-0.3, -0.25) is 4.79 Å². The molecular formula is C13H25NO4S. The zero-order valence-corrected chi connectivity index (χ0v) is 13.3. The van der Waals surface area contributed by atoms with Crippen molar-refractivity contribution in [3.05, 3.63) is 0 Å². The third kappa shape index (κ3) is 4.76. The minimum absolute atomic E-state index is 0.0462. The number of sulfonamides is 1. The average molecular weight is 291 g/mol. The first kappa shape index (κ1) is 16.4. The Hall–Kier alpha value is -0.620. The van der Waals surface area contributed by atoms with Crippen LogP contribution < -0.4 is 0 Å². The first-order chi connectivity index (χ1) is 8.53. The highest BCUT2D eigenvalue weighted by Gasteiger charge is 2.40. The average Bonchev–Trinajstić information content (AvgIpc) is 2.60. The van der Waals surface area contributed by atoms with Gasteiger partial charge in [-0.1, -0.05) is 13.8 Å². The lowest BCUT2D eigenvalue weighted by Gasteiger charge is -2.27. The van der Waals surface area contributed by atoms with Gasteiger partial charge in [0.25, 0.3) is 0 Å². The molecule has 1 aliphatic heterocycles. The van der Waals surface area contributed by atoms with Crippen LogP contribution in [0, 0.1) is 5.92 Å². The molecule has 0 radical (unpaired) electrons. The van der Waals surface area contributed by atoms with E-state index in [1.807, 2.05) is 13.8 Å². The lowest BCUT2D eigenvalue weighted by Crippen LogP contribution is -2.44. The van der Waals surface area contributed by atoms with E-state index in [-0.39, 0.29) is 11.7 Å². The molecule has 0 bridgehead atoms. The largest absolute Gasteiger partial charge is 0.459 e. The summed E-state index contributed by atoms with van der Waals surface area (Å²) in [4.78, 5) is 12.1. The highest BCUT2D eigenvalue weighted by atomic mass is 32.2. The normalized spacial score (nSPS) is 21.9. The Morgan fingerprint density at radius 2 is 1.95 bits per heavy atom. The van der Waals surface area contributed by atoms with Crippen LogP contribution in [-0.4, -0.2) is 42.6 Å². The topological polar surface area (TPSA) is 63.7 Å². The molecule has 1 saturated heterocycles. The molecule has 6 heteroatoms. The van der Waals surface area contributed by atoms with Crippen LogP contribution in [0.5, 0.6) is 0 Å². The van der Waals surface area contributed by atoms with Crippen molar-refractivity contribution in [2.45, 2.75) is 59.1 Å². The van der Waals surface area contributed by atoms with Crippen LogP contribution in [0.2, 0.25) is 0 Å². The maximum absolute atomic E-state index is 12.2. The first-order valence-corrected chi connectivity index (χ1v) is 8.36. The zero-order chi connectivity index (χ0) is 14.8. The summed E-state index contributed by atoms with van der Waals surface area (Å²) in [5.41, 5.74) is -0.590. The molecule has 1 heterocycles. The number of ether oxygens (including phenoxy) is 1. The maximum atomic E-state index is 12.2. The number of hydrogen-bond acceptors (Lipinski definition) is 4. The van der Waals surface area contributed by atoms with E-state index in [9.17, 15) is 13.2 Å². The summed E-state index contributed by atoms with van der Waals surface area (Å²) < 4.78 is 31.1. The second kappa shape index (κ2) is 5.79. The standard InChI is InChI=1S/C13H25NO4S/c1-10(2)9-19(16,17)14-8-6-7-11(14)12(15)18-13(3,4)5/h10-11H,6-9H2,1-5H3/t11-/m1/s1. The number of carbonyl (C=O) groups excluding carboxylic acids is 1. The van der Waals surface area contributed by atoms with Crippen LogP contribution in [0.3, 0.4) is 0 Å². The van der Waals surface area contributed by atoms with Gasteiger partial charge in [0.1, 0.15) is 11.6 Å². The van der Waals surface area contributed by atoms with Gasteiger partial charge in [0.15, 0.2) is 0 Å². The van der Waals surface area contributed by atoms with Gasteiger partial charge in [0.05, 0.1) is 5.75 Å². The molecule has 0 spiro atoms. The second-order valence-electron chi connectivity index (χ2n) is 6.47. The van der Waals surface area contributed by atoms with E-state index < -0.39 is 27.6 Å². The summed E-state index contributed by atoms with van der Waals surface area (Å²) in [7, 11) is -3.38. The zero-order valence-electron chi connectivity index (χ0n) is 12.5. The summed E-state index contributed by atoms with van der Waals surface area (Å²) in [6.07, 6.45) is 1.26. The van der Waals surface area contributed by atoms with Gasteiger partial charge < -0.3 is 4.74 Å². The third-order valence-corrected chi connectivity index (χ3v) is 5.02. The Kier molecular flexibility index (Phi) is 5.01. The summed E-state index contributed by atoms with van der Waals surface area (Å²) in [5, 5.41) is 0. The molecule has 0 aliphatic carbocycles. The van der Waals surface area contributed by atoms with E-state index in [1.54, 1.807) is 20.8 Å². The van der Waals surface area contributed by atoms with Crippen LogP contribution in [0.25, 0.3) is 0 Å². The first-order valence-electron chi connectivity index (χ1n) is 6.75. The highest BCUT2D eigenvalue weighted by molar-refractivity contribution is 7.89. The van der Waals surface area contributed by atoms with Crippen molar-refractivity contribution in [2.75, 3.05) is 12.3 Å². The molecule has 5 nitrogen and oxygen atoms in total. The van der Waals surface area contributed by atoms with Gasteiger partial charge in [-0.25, -0.2) is 8.42 Å². The van der Waals surface area contributed by atoms with Crippen LogP contribution in [0.1, 0.15) is 47.5 Å². The summed E-state index contributed by atoms with van der Waals surface area (Å²) in [6.45, 7) is 9.48. The fourth-order valence-electron chi connectivity index (χ4n) is 2.20. The fraction of sp³-hybridized carbons (Fsp3) is 0.923. The molecule has 0 unspecified atom stereocenters. The molecule has 0 saturated carbocycles. The van der Waals surface area contributed by atoms with Gasteiger partial charge in [-0.05, 0) is 39.5 Å². The van der Waals surface area contributed by atoms with E-state index in [0.717, 1.165) is 0 Å². The highest BCUT2D eigenvalue weighted by Crippen LogP contribution is 2.25. The molecule has 112 valence electrons. The summed E-state index contributed by atoms with van der Waals surface area (Å²) in [5.74, 6) is -0.311. The second-order valence-corrected chi connectivity index (χ2v) is 8.44. The number of esters is 1. The fourth-order valence-corrected chi connectivity index (χ4v) is 4.22. The van der Waals surface area contributed by atoms with Crippen LogP contribution in [0.4, 0.5) is 0 Å². The quantitative estimate of drug-likeness (QED) is 0.741. The van der Waals surface area contributed by atoms with Gasteiger partial charge in [-0.2, -0.15) is 4.31 Å². The van der Waals surface area contributed by atoms with Gasteiger partial charge in [-0.15, -0.1) is 0 Å². The van der Waals surface area contributed by atoms with Crippen molar-refractivity contribution in [3.63, 3.8) is 0 Å². The van der Waals surface area contributed by atoms with E-state index in [0.29, 0.717) is 19.4 Å². The molecule has 0 N–H and O–H groups in total. The predicted molar refractivity (Wildman–Crippen MR) is 74.2 cm³/mol. The molecule has 0 amide bonds. The van der Waals surface area contributed by atoms with Crippen molar-refractivity contribution in [3.8, 4) is 0 Å². The van der Waals surface area contributed by atoms with E-state index >= 15 is 0 Å². The van der Waals surface area contributed by atoms with Crippen molar-refractivity contribution < 1.29 is 17.9 Å². The van der Waals surface area contributed by atoms with E-state index in [2.05, 4.69) is 0 Å². The predicted octanol–water partition coefficient (Wildman–Crippen LogP) is 1.78. The SMILES string of the molecule is CC(C)CS(=O)(=O)N1CCC[C@@H]1C(=O)OC(C)(C)C. The number of carbonyl (C=O) groups is 1. The van der Waals surface area contributed by atoms with E-state index in [4.69, 9.17) is 4.74 Å². The minimum Gasteiger partial charge on any atom is -0.459 e. The number of hydrogen-bond donors (Lipinski definition) is 0. The lowest BCUT2D eigenvalue weighted by atomic mass is 10.2. The maximum Gasteiger partial charge on any atom is 0.324 e. The van der Waals surface area contributed by atoms with Gasteiger partial charge in [0.2, 0.25) is 10.0 Å². The molecule has 1 rings (SSSR count). The van der Waals surface area contributed by atoms with Crippen molar-refractivity contribution in [1.29, 1.82) is 0 Å². The van der Waals surface area contributed by atoms with Gasteiger partial charge in [0, 0.05) is 6.54 Å². The molecule has 0 aromatic rings. The molecule has 1 atom stereocenters. The third-order valence-electron chi connectivity index (χ3n) is 2.78.